The monoisotopic (exact) mass is 368 g/mol. The lowest BCUT2D eigenvalue weighted by atomic mass is 9.96. The van der Waals surface area contributed by atoms with Gasteiger partial charge < -0.3 is 24.8 Å². The van der Waals surface area contributed by atoms with Crippen molar-refractivity contribution in [1.29, 1.82) is 0 Å². The molecule has 0 atom stereocenters. The van der Waals surface area contributed by atoms with Gasteiger partial charge in [-0.1, -0.05) is 18.2 Å². The van der Waals surface area contributed by atoms with Crippen molar-refractivity contribution in [2.75, 3.05) is 46.3 Å². The van der Waals surface area contributed by atoms with Gasteiger partial charge in [0.15, 0.2) is 11.5 Å². The quantitative estimate of drug-likeness (QED) is 0.649. The lowest BCUT2D eigenvalue weighted by molar-refractivity contribution is -0.129. The van der Waals surface area contributed by atoms with Crippen LogP contribution in [0, 0.1) is 0 Å². The topological polar surface area (TPSA) is 74.0 Å². The molecule has 6 nitrogen and oxygen atoms in total. The zero-order chi connectivity index (χ0) is 19.2. The highest BCUT2D eigenvalue weighted by atomic mass is 16.5. The van der Waals surface area contributed by atoms with E-state index in [-0.39, 0.29) is 5.91 Å². The number of carbonyl (C=O) groups excluding carboxylic acids is 1. The molecule has 0 aromatic heterocycles. The highest BCUT2D eigenvalue weighted by molar-refractivity contribution is 5.99. The van der Waals surface area contributed by atoms with E-state index in [0.29, 0.717) is 43.5 Å². The Morgan fingerprint density at radius 3 is 2.26 bits per heavy atom. The van der Waals surface area contributed by atoms with E-state index in [1.54, 1.807) is 25.2 Å². The number of hydrogen-bond donors (Lipinski definition) is 1. The second-order valence-electron chi connectivity index (χ2n) is 6.19. The number of anilines is 1. The molecule has 0 unspecified atom stereocenters. The van der Waals surface area contributed by atoms with Crippen LogP contribution in [0.4, 0.5) is 5.69 Å². The molecule has 6 heteroatoms. The van der Waals surface area contributed by atoms with Crippen LogP contribution in [0.2, 0.25) is 0 Å². The van der Waals surface area contributed by atoms with Crippen LogP contribution in [0.25, 0.3) is 5.57 Å². The van der Waals surface area contributed by atoms with Gasteiger partial charge in [-0.05, 0) is 41.0 Å². The first-order valence-electron chi connectivity index (χ1n) is 8.79. The first-order valence-corrected chi connectivity index (χ1v) is 8.79. The number of morpholine rings is 1. The fourth-order valence-electron chi connectivity index (χ4n) is 3.00. The number of methoxy groups -OCH3 is 2. The average molecular weight is 368 g/mol. The van der Waals surface area contributed by atoms with Gasteiger partial charge in [-0.15, -0.1) is 0 Å². The van der Waals surface area contributed by atoms with Crippen molar-refractivity contribution in [3.63, 3.8) is 0 Å². The summed E-state index contributed by atoms with van der Waals surface area (Å²) >= 11 is 0. The van der Waals surface area contributed by atoms with E-state index in [1.165, 1.54) is 0 Å². The summed E-state index contributed by atoms with van der Waals surface area (Å²) in [6.07, 6.45) is 1.66. The van der Waals surface area contributed by atoms with Crippen LogP contribution < -0.4 is 15.2 Å². The second-order valence-corrected chi connectivity index (χ2v) is 6.19. The first kappa shape index (κ1) is 18.8. The molecule has 2 aromatic carbocycles. The third-order valence-corrected chi connectivity index (χ3v) is 4.51. The second kappa shape index (κ2) is 8.60. The van der Waals surface area contributed by atoms with Crippen molar-refractivity contribution < 1.29 is 19.0 Å². The van der Waals surface area contributed by atoms with E-state index in [9.17, 15) is 4.79 Å². The molecular weight excluding hydrogens is 344 g/mol. The third-order valence-electron chi connectivity index (χ3n) is 4.51. The predicted octanol–water partition coefficient (Wildman–Crippen LogP) is 2.58. The normalized spacial score (nSPS) is 14.7. The molecule has 1 heterocycles. The molecule has 0 aliphatic carbocycles. The van der Waals surface area contributed by atoms with Crippen molar-refractivity contribution in [3.05, 3.63) is 59.7 Å². The molecule has 1 fully saturated rings. The SMILES string of the molecule is COc1ccc(C(=CC(=O)N2CCOCC2)c2ccc(N)cc2)cc1OC. The number of hydrogen-bond acceptors (Lipinski definition) is 5. The molecule has 27 heavy (non-hydrogen) atoms. The molecule has 0 saturated carbocycles. The summed E-state index contributed by atoms with van der Waals surface area (Å²) in [5, 5.41) is 0. The van der Waals surface area contributed by atoms with Gasteiger partial charge in [-0.2, -0.15) is 0 Å². The Morgan fingerprint density at radius 2 is 1.63 bits per heavy atom. The van der Waals surface area contributed by atoms with Crippen LogP contribution in [0.5, 0.6) is 11.5 Å². The van der Waals surface area contributed by atoms with Crippen molar-refractivity contribution in [2.24, 2.45) is 0 Å². The molecule has 1 aliphatic rings. The lowest BCUT2D eigenvalue weighted by Gasteiger charge is -2.26. The van der Waals surface area contributed by atoms with E-state index in [2.05, 4.69) is 0 Å². The van der Waals surface area contributed by atoms with E-state index in [1.807, 2.05) is 42.5 Å². The van der Waals surface area contributed by atoms with Crippen molar-refractivity contribution in [2.45, 2.75) is 0 Å². The number of ether oxygens (including phenoxy) is 3. The predicted molar refractivity (Wildman–Crippen MR) is 105 cm³/mol. The summed E-state index contributed by atoms with van der Waals surface area (Å²) in [4.78, 5) is 14.6. The fraction of sp³-hybridized carbons (Fsp3) is 0.286. The Balaban J connectivity index is 2.03. The molecular formula is C21H24N2O4. The molecule has 142 valence electrons. The van der Waals surface area contributed by atoms with Crippen molar-refractivity contribution >= 4 is 17.2 Å². The minimum Gasteiger partial charge on any atom is -0.493 e. The van der Waals surface area contributed by atoms with Gasteiger partial charge >= 0.3 is 0 Å². The number of amides is 1. The van der Waals surface area contributed by atoms with Gasteiger partial charge in [0, 0.05) is 24.9 Å². The summed E-state index contributed by atoms with van der Waals surface area (Å²) in [6, 6.07) is 13.1. The van der Waals surface area contributed by atoms with Crippen LogP contribution in [-0.4, -0.2) is 51.3 Å². The highest BCUT2D eigenvalue weighted by Crippen LogP contribution is 2.33. The van der Waals surface area contributed by atoms with Gasteiger partial charge in [-0.25, -0.2) is 0 Å². The van der Waals surface area contributed by atoms with Crippen molar-refractivity contribution in [3.8, 4) is 11.5 Å². The van der Waals surface area contributed by atoms with Crippen LogP contribution in [-0.2, 0) is 9.53 Å². The zero-order valence-electron chi connectivity index (χ0n) is 15.6. The smallest absolute Gasteiger partial charge is 0.247 e. The van der Waals surface area contributed by atoms with Gasteiger partial charge in [0.1, 0.15) is 0 Å². The molecule has 1 aliphatic heterocycles. The summed E-state index contributed by atoms with van der Waals surface area (Å²) < 4.78 is 16.1. The standard InChI is InChI=1S/C21H24N2O4/c1-25-19-8-5-16(13-20(19)26-2)18(15-3-6-17(22)7-4-15)14-21(24)23-9-11-27-12-10-23/h3-8,13-14H,9-12,22H2,1-2H3. The van der Waals surface area contributed by atoms with E-state index in [0.717, 1.165) is 16.7 Å². The molecule has 3 rings (SSSR count). The van der Waals surface area contributed by atoms with Crippen LogP contribution in [0.15, 0.2) is 48.5 Å². The molecule has 2 N–H and O–H groups in total. The van der Waals surface area contributed by atoms with Crippen LogP contribution in [0.3, 0.4) is 0 Å². The number of nitrogens with two attached hydrogens (primary N) is 1. The number of carbonyl (C=O) groups is 1. The third kappa shape index (κ3) is 4.41. The van der Waals surface area contributed by atoms with Crippen LogP contribution in [0.1, 0.15) is 11.1 Å². The van der Waals surface area contributed by atoms with Crippen LogP contribution >= 0.6 is 0 Å². The maximum Gasteiger partial charge on any atom is 0.247 e. The maximum atomic E-state index is 12.8. The Labute approximate surface area is 159 Å². The molecule has 1 amide bonds. The Hall–Kier alpha value is -2.99. The number of nitrogen functional groups attached to an aromatic ring is 1. The number of rotatable bonds is 5. The van der Waals surface area contributed by atoms with E-state index in [4.69, 9.17) is 19.9 Å². The summed E-state index contributed by atoms with van der Waals surface area (Å²) in [6.45, 7) is 2.31. The van der Waals surface area contributed by atoms with Gasteiger partial charge in [0.2, 0.25) is 5.91 Å². The summed E-state index contributed by atoms with van der Waals surface area (Å²) in [5.41, 5.74) is 9.05. The van der Waals surface area contributed by atoms with E-state index < -0.39 is 0 Å². The average Bonchev–Trinajstić information content (AvgIpc) is 2.72. The van der Waals surface area contributed by atoms with E-state index >= 15 is 0 Å². The molecule has 0 bridgehead atoms. The Bertz CT molecular complexity index is 825. The summed E-state index contributed by atoms with van der Waals surface area (Å²) in [5.74, 6) is 1.20. The van der Waals surface area contributed by atoms with Gasteiger partial charge in [-0.3, -0.25) is 4.79 Å². The highest BCUT2D eigenvalue weighted by Gasteiger charge is 2.17. The van der Waals surface area contributed by atoms with Crippen molar-refractivity contribution in [1.82, 2.24) is 4.90 Å². The van der Waals surface area contributed by atoms with Gasteiger partial charge in [0.05, 0.1) is 27.4 Å². The maximum absolute atomic E-state index is 12.8. The fourth-order valence-corrected chi connectivity index (χ4v) is 3.00. The minimum atomic E-state index is -0.0418. The minimum absolute atomic E-state index is 0.0418. The Kier molecular flexibility index (Phi) is 5.98. The molecule has 0 spiro atoms. The largest absolute Gasteiger partial charge is 0.493 e. The molecule has 2 aromatic rings. The zero-order valence-corrected chi connectivity index (χ0v) is 15.6. The molecule has 0 radical (unpaired) electrons. The number of benzene rings is 2. The Morgan fingerprint density at radius 1 is 1.00 bits per heavy atom. The first-order chi connectivity index (χ1) is 13.1. The number of nitrogens with zero attached hydrogens (tertiary/aromatic N) is 1. The molecule has 1 saturated heterocycles. The lowest BCUT2D eigenvalue weighted by Crippen LogP contribution is -2.39. The summed E-state index contributed by atoms with van der Waals surface area (Å²) in [7, 11) is 3.18. The van der Waals surface area contributed by atoms with Gasteiger partial charge in [0.25, 0.3) is 0 Å².